The van der Waals surface area contributed by atoms with Crippen LogP contribution >= 0.6 is 0 Å². The van der Waals surface area contributed by atoms with E-state index >= 15 is 0 Å². The molecular weight excluding hydrogens is 268 g/mol. The van der Waals surface area contributed by atoms with E-state index in [9.17, 15) is 4.79 Å². The summed E-state index contributed by atoms with van der Waals surface area (Å²) in [6, 6.07) is 21.9. The molecule has 1 nitrogen and oxygen atoms in total. The first-order valence-electron chi connectivity index (χ1n) is 8.51. The third-order valence-corrected chi connectivity index (χ3v) is 7.09. The molecule has 5 fully saturated rings. The van der Waals surface area contributed by atoms with E-state index in [1.165, 1.54) is 11.1 Å². The Kier molecular flexibility index (Phi) is 1.96. The summed E-state index contributed by atoms with van der Waals surface area (Å²) in [6.45, 7) is 0. The second-order valence-electron chi connectivity index (χ2n) is 7.64. The van der Waals surface area contributed by atoms with Crippen LogP contribution in [0.15, 0.2) is 60.7 Å². The predicted molar refractivity (Wildman–Crippen MR) is 84.3 cm³/mol. The summed E-state index contributed by atoms with van der Waals surface area (Å²) < 4.78 is 0. The SMILES string of the molecule is O=C1C2C3C(c4ccccc4)C(c4ccccc4)C2C2C1C32. The lowest BCUT2D eigenvalue weighted by Gasteiger charge is -2.31. The molecule has 108 valence electrons. The van der Waals surface area contributed by atoms with Crippen molar-refractivity contribution in [2.24, 2.45) is 35.5 Å². The molecule has 7 rings (SSSR count). The number of hydrogen-bond donors (Lipinski definition) is 0. The van der Waals surface area contributed by atoms with E-state index in [2.05, 4.69) is 60.7 Å². The number of Topliss-reactive ketones (excluding diaryl/α,β-unsaturated/α-hetero) is 1. The number of carbonyl (C=O) groups excluding carboxylic acids is 1. The number of hydrogen-bond acceptors (Lipinski definition) is 1. The van der Waals surface area contributed by atoms with Gasteiger partial charge in [0, 0.05) is 11.8 Å². The normalized spacial score (nSPS) is 46.3. The van der Waals surface area contributed by atoms with Crippen molar-refractivity contribution in [1.82, 2.24) is 0 Å². The maximum absolute atomic E-state index is 12.6. The van der Waals surface area contributed by atoms with Gasteiger partial charge in [-0.2, -0.15) is 0 Å². The number of rotatable bonds is 2. The Labute approximate surface area is 130 Å². The third-order valence-electron chi connectivity index (χ3n) is 7.09. The molecule has 0 spiro atoms. The van der Waals surface area contributed by atoms with Crippen molar-refractivity contribution in [2.75, 3.05) is 0 Å². The molecule has 0 aliphatic heterocycles. The minimum Gasteiger partial charge on any atom is -0.299 e. The monoisotopic (exact) mass is 286 g/mol. The fourth-order valence-corrected chi connectivity index (χ4v) is 6.68. The van der Waals surface area contributed by atoms with Gasteiger partial charge in [-0.15, -0.1) is 0 Å². The van der Waals surface area contributed by atoms with Gasteiger partial charge in [-0.1, -0.05) is 60.7 Å². The second kappa shape index (κ2) is 3.71. The molecule has 2 aromatic rings. The van der Waals surface area contributed by atoms with Crippen LogP contribution in [0.25, 0.3) is 0 Å². The van der Waals surface area contributed by atoms with Crippen LogP contribution in [-0.2, 0) is 4.79 Å². The van der Waals surface area contributed by atoms with Gasteiger partial charge in [0.2, 0.25) is 0 Å². The largest absolute Gasteiger partial charge is 0.299 e. The molecule has 2 aromatic carbocycles. The first-order chi connectivity index (χ1) is 10.9. The zero-order chi connectivity index (χ0) is 14.4. The quantitative estimate of drug-likeness (QED) is 0.819. The van der Waals surface area contributed by atoms with Crippen LogP contribution in [0.5, 0.6) is 0 Å². The van der Waals surface area contributed by atoms with Gasteiger partial charge in [-0.3, -0.25) is 4.79 Å². The highest BCUT2D eigenvalue weighted by Crippen LogP contribution is 2.84. The van der Waals surface area contributed by atoms with Gasteiger partial charge in [-0.25, -0.2) is 0 Å². The lowest BCUT2D eigenvalue weighted by molar-refractivity contribution is -0.121. The molecule has 0 aromatic heterocycles. The average molecular weight is 286 g/mol. The van der Waals surface area contributed by atoms with Crippen molar-refractivity contribution in [3.63, 3.8) is 0 Å². The lowest BCUT2D eigenvalue weighted by atomic mass is 9.72. The van der Waals surface area contributed by atoms with Crippen molar-refractivity contribution in [3.8, 4) is 0 Å². The van der Waals surface area contributed by atoms with Gasteiger partial charge in [-0.05, 0) is 46.6 Å². The van der Waals surface area contributed by atoms with E-state index in [1.807, 2.05) is 0 Å². The Hall–Kier alpha value is -1.89. The van der Waals surface area contributed by atoms with Crippen molar-refractivity contribution in [2.45, 2.75) is 11.8 Å². The van der Waals surface area contributed by atoms with Crippen molar-refractivity contribution >= 4 is 5.78 Å². The van der Waals surface area contributed by atoms with Crippen LogP contribution in [0, 0.1) is 35.5 Å². The summed E-state index contributed by atoms with van der Waals surface area (Å²) in [4.78, 5) is 12.6. The van der Waals surface area contributed by atoms with Crippen molar-refractivity contribution < 1.29 is 4.79 Å². The van der Waals surface area contributed by atoms with Gasteiger partial charge < -0.3 is 0 Å². The topological polar surface area (TPSA) is 17.1 Å². The molecule has 6 unspecified atom stereocenters. The van der Waals surface area contributed by atoms with Crippen LogP contribution in [0.3, 0.4) is 0 Å². The standard InChI is InChI=1S/C21H18O/c22-21-19-15-13(11-7-3-1-4-8-11)14(12-9-5-2-6-10-12)16(19)18-17(15)20(18)21/h1-10,13-20H. The van der Waals surface area contributed by atoms with E-state index in [-0.39, 0.29) is 0 Å². The predicted octanol–water partition coefficient (Wildman–Crippen LogP) is 3.87. The fraction of sp³-hybridized carbons (Fsp3) is 0.381. The fourth-order valence-electron chi connectivity index (χ4n) is 6.68. The molecular formula is C21H18O. The minimum atomic E-state index is 0.371. The van der Waals surface area contributed by atoms with Gasteiger partial charge in [0.15, 0.2) is 0 Å². The highest BCUT2D eigenvalue weighted by molar-refractivity contribution is 5.95. The summed E-state index contributed by atoms with van der Waals surface area (Å²) in [7, 11) is 0. The summed E-state index contributed by atoms with van der Waals surface area (Å²) in [5.41, 5.74) is 2.90. The van der Waals surface area contributed by atoms with Gasteiger partial charge in [0.1, 0.15) is 5.78 Å². The second-order valence-corrected chi connectivity index (χ2v) is 7.64. The van der Waals surface area contributed by atoms with E-state index < -0.39 is 0 Å². The zero-order valence-electron chi connectivity index (χ0n) is 12.3. The average Bonchev–Trinajstić information content (AvgIpc) is 2.80. The van der Waals surface area contributed by atoms with E-state index in [0.717, 1.165) is 11.8 Å². The number of carbonyl (C=O) groups is 1. The Balaban J connectivity index is 1.54. The zero-order valence-corrected chi connectivity index (χ0v) is 12.3. The minimum absolute atomic E-state index is 0.371. The van der Waals surface area contributed by atoms with Crippen molar-refractivity contribution in [1.29, 1.82) is 0 Å². The molecule has 0 radical (unpaired) electrons. The Morgan fingerprint density at radius 3 is 1.32 bits per heavy atom. The smallest absolute Gasteiger partial charge is 0.140 e. The Morgan fingerprint density at radius 2 is 0.909 bits per heavy atom. The van der Waals surface area contributed by atoms with E-state index in [1.54, 1.807) is 0 Å². The third kappa shape index (κ3) is 1.14. The summed E-state index contributed by atoms with van der Waals surface area (Å²) >= 11 is 0. The lowest BCUT2D eigenvalue weighted by Crippen LogP contribution is -2.20. The molecule has 6 atom stereocenters. The highest BCUT2D eigenvalue weighted by Gasteiger charge is 2.84. The van der Waals surface area contributed by atoms with Gasteiger partial charge in [0.25, 0.3) is 0 Å². The summed E-state index contributed by atoms with van der Waals surface area (Å²) in [5.74, 6) is 5.24. The molecule has 5 aliphatic carbocycles. The van der Waals surface area contributed by atoms with Crippen LogP contribution in [0.2, 0.25) is 0 Å². The Morgan fingerprint density at radius 1 is 0.500 bits per heavy atom. The van der Waals surface area contributed by atoms with E-state index in [4.69, 9.17) is 0 Å². The van der Waals surface area contributed by atoms with Crippen LogP contribution < -0.4 is 0 Å². The van der Waals surface area contributed by atoms with Gasteiger partial charge in [0.05, 0.1) is 0 Å². The van der Waals surface area contributed by atoms with Gasteiger partial charge >= 0.3 is 0 Å². The molecule has 1 heteroatoms. The number of benzene rings is 2. The molecule has 5 saturated carbocycles. The Bertz CT molecular complexity index is 706. The maximum Gasteiger partial charge on any atom is 0.140 e. The molecule has 22 heavy (non-hydrogen) atoms. The first-order valence-corrected chi connectivity index (χ1v) is 8.51. The highest BCUT2D eigenvalue weighted by atomic mass is 16.1. The maximum atomic E-state index is 12.6. The summed E-state index contributed by atoms with van der Waals surface area (Å²) in [6.07, 6.45) is 0. The first kappa shape index (κ1) is 11.6. The molecule has 6 bridgehead atoms. The van der Waals surface area contributed by atoms with Crippen LogP contribution in [0.4, 0.5) is 0 Å². The molecule has 0 heterocycles. The summed E-state index contributed by atoms with van der Waals surface area (Å²) in [5, 5.41) is 0. The van der Waals surface area contributed by atoms with Crippen molar-refractivity contribution in [3.05, 3.63) is 71.8 Å². The molecule has 5 aliphatic rings. The molecule has 0 amide bonds. The van der Waals surface area contributed by atoms with Crippen LogP contribution in [-0.4, -0.2) is 5.78 Å². The molecule has 0 saturated heterocycles. The number of ketones is 1. The van der Waals surface area contributed by atoms with Crippen LogP contribution in [0.1, 0.15) is 23.0 Å². The molecule has 0 N–H and O–H groups in total. The van der Waals surface area contributed by atoms with E-state index in [0.29, 0.717) is 41.3 Å².